The molecule has 0 atom stereocenters. The second-order valence-corrected chi connectivity index (χ2v) is 7.12. The fraction of sp³-hybridized carbons (Fsp3) is 0.435. The molecule has 0 radical (unpaired) electrons. The highest BCUT2D eigenvalue weighted by Gasteiger charge is 2.16. The van der Waals surface area contributed by atoms with Crippen LogP contribution >= 0.6 is 0 Å². The molecule has 4 heteroatoms. The molecule has 0 bridgehead atoms. The largest absolute Gasteiger partial charge is 0.497 e. The molecule has 0 aliphatic heterocycles. The number of methoxy groups -OCH3 is 1. The van der Waals surface area contributed by atoms with E-state index in [9.17, 15) is 4.79 Å². The molecule has 2 aromatic rings. The van der Waals surface area contributed by atoms with Crippen molar-refractivity contribution in [2.75, 3.05) is 13.7 Å². The Morgan fingerprint density at radius 3 is 2.52 bits per heavy atom. The number of aryl methyl sites for hydroxylation is 1. The van der Waals surface area contributed by atoms with Crippen LogP contribution in [-0.2, 0) is 17.6 Å². The SMILES string of the molecule is COc1ccc(CCNC(=O)CCc2cccc(OC3CCCC3)c2)cc1. The Hall–Kier alpha value is -2.49. The molecule has 1 aliphatic rings. The maximum Gasteiger partial charge on any atom is 0.220 e. The van der Waals surface area contributed by atoms with Crippen molar-refractivity contribution < 1.29 is 14.3 Å². The summed E-state index contributed by atoms with van der Waals surface area (Å²) < 4.78 is 11.2. The molecule has 1 fully saturated rings. The summed E-state index contributed by atoms with van der Waals surface area (Å²) in [6.45, 7) is 0.649. The number of hydrogen-bond donors (Lipinski definition) is 1. The number of carbonyl (C=O) groups is 1. The minimum atomic E-state index is 0.0885. The van der Waals surface area contributed by atoms with E-state index in [0.29, 0.717) is 19.1 Å². The lowest BCUT2D eigenvalue weighted by Gasteiger charge is -2.13. The Morgan fingerprint density at radius 2 is 1.78 bits per heavy atom. The third-order valence-electron chi connectivity index (χ3n) is 5.04. The van der Waals surface area contributed by atoms with Crippen LogP contribution in [0, 0.1) is 0 Å². The summed E-state index contributed by atoms with van der Waals surface area (Å²) in [4.78, 5) is 12.1. The number of rotatable bonds is 9. The molecule has 0 aromatic heterocycles. The number of carbonyl (C=O) groups excluding carboxylic acids is 1. The van der Waals surface area contributed by atoms with E-state index < -0.39 is 0 Å². The van der Waals surface area contributed by atoms with Crippen molar-refractivity contribution >= 4 is 5.91 Å². The smallest absolute Gasteiger partial charge is 0.220 e. The maximum atomic E-state index is 12.1. The Kier molecular flexibility index (Phi) is 7.14. The van der Waals surface area contributed by atoms with Gasteiger partial charge in [-0.25, -0.2) is 0 Å². The normalized spacial score (nSPS) is 14.1. The molecule has 1 saturated carbocycles. The summed E-state index contributed by atoms with van der Waals surface area (Å²) in [5.74, 6) is 1.87. The molecule has 1 amide bonds. The highest BCUT2D eigenvalue weighted by molar-refractivity contribution is 5.76. The van der Waals surface area contributed by atoms with Crippen molar-refractivity contribution in [1.82, 2.24) is 5.32 Å². The molecule has 0 saturated heterocycles. The van der Waals surface area contributed by atoms with Crippen molar-refractivity contribution in [3.8, 4) is 11.5 Å². The van der Waals surface area contributed by atoms with Crippen molar-refractivity contribution in [2.24, 2.45) is 0 Å². The van der Waals surface area contributed by atoms with Crippen LogP contribution in [0.4, 0.5) is 0 Å². The van der Waals surface area contributed by atoms with Crippen LogP contribution in [0.5, 0.6) is 11.5 Å². The molecule has 3 rings (SSSR count). The van der Waals surface area contributed by atoms with Gasteiger partial charge >= 0.3 is 0 Å². The van der Waals surface area contributed by atoms with Gasteiger partial charge < -0.3 is 14.8 Å². The average molecular weight is 367 g/mol. The van der Waals surface area contributed by atoms with Gasteiger partial charge in [-0.1, -0.05) is 24.3 Å². The molecule has 0 spiro atoms. The summed E-state index contributed by atoms with van der Waals surface area (Å²) in [6.07, 6.45) is 7.25. The van der Waals surface area contributed by atoms with Crippen LogP contribution in [0.2, 0.25) is 0 Å². The summed E-state index contributed by atoms with van der Waals surface area (Å²) >= 11 is 0. The van der Waals surface area contributed by atoms with Crippen LogP contribution in [0.3, 0.4) is 0 Å². The zero-order valence-electron chi connectivity index (χ0n) is 16.1. The summed E-state index contributed by atoms with van der Waals surface area (Å²) in [7, 11) is 1.66. The zero-order chi connectivity index (χ0) is 18.9. The highest BCUT2D eigenvalue weighted by Crippen LogP contribution is 2.24. The van der Waals surface area contributed by atoms with E-state index in [1.807, 2.05) is 36.4 Å². The van der Waals surface area contributed by atoms with Crippen molar-refractivity contribution in [1.29, 1.82) is 0 Å². The monoisotopic (exact) mass is 367 g/mol. The molecule has 0 heterocycles. The van der Waals surface area contributed by atoms with E-state index in [0.717, 1.165) is 42.7 Å². The third kappa shape index (κ3) is 6.31. The van der Waals surface area contributed by atoms with Crippen molar-refractivity contribution in [3.05, 3.63) is 59.7 Å². The standard InChI is InChI=1S/C23H29NO3/c1-26-20-12-9-18(10-13-20)15-16-24-23(25)14-11-19-5-4-8-22(17-19)27-21-6-2-3-7-21/h4-5,8-10,12-13,17,21H,2-3,6-7,11,14-16H2,1H3,(H,24,25). The molecule has 1 aliphatic carbocycles. The van der Waals surface area contributed by atoms with Gasteiger partial charge in [0.25, 0.3) is 0 Å². The topological polar surface area (TPSA) is 47.6 Å². The van der Waals surface area contributed by atoms with Crippen LogP contribution in [0.1, 0.15) is 43.2 Å². The van der Waals surface area contributed by atoms with Gasteiger partial charge in [0.05, 0.1) is 13.2 Å². The zero-order valence-corrected chi connectivity index (χ0v) is 16.1. The van der Waals surface area contributed by atoms with Crippen molar-refractivity contribution in [3.63, 3.8) is 0 Å². The van der Waals surface area contributed by atoms with E-state index in [2.05, 4.69) is 17.4 Å². The lowest BCUT2D eigenvalue weighted by atomic mass is 10.1. The van der Waals surface area contributed by atoms with Gasteiger partial charge in [0.1, 0.15) is 11.5 Å². The fourth-order valence-electron chi connectivity index (χ4n) is 3.46. The Balaban J connectivity index is 1.38. The third-order valence-corrected chi connectivity index (χ3v) is 5.04. The number of benzene rings is 2. The van der Waals surface area contributed by atoms with Crippen LogP contribution in [0.25, 0.3) is 0 Å². The summed E-state index contributed by atoms with van der Waals surface area (Å²) in [6, 6.07) is 16.1. The van der Waals surface area contributed by atoms with E-state index in [1.165, 1.54) is 18.4 Å². The van der Waals surface area contributed by atoms with Gasteiger partial charge in [-0.3, -0.25) is 4.79 Å². The molecular formula is C23H29NO3. The molecule has 27 heavy (non-hydrogen) atoms. The molecule has 1 N–H and O–H groups in total. The first-order valence-corrected chi connectivity index (χ1v) is 9.88. The fourth-order valence-corrected chi connectivity index (χ4v) is 3.46. The predicted octanol–water partition coefficient (Wildman–Crippen LogP) is 4.31. The summed E-state index contributed by atoms with van der Waals surface area (Å²) in [5.41, 5.74) is 2.34. The quantitative estimate of drug-likeness (QED) is 0.718. The number of amides is 1. The molecule has 2 aromatic carbocycles. The Bertz CT molecular complexity index is 721. The van der Waals surface area contributed by atoms with E-state index in [-0.39, 0.29) is 5.91 Å². The first kappa shape index (κ1) is 19.3. The van der Waals surface area contributed by atoms with Gasteiger partial charge in [0.2, 0.25) is 5.91 Å². The minimum Gasteiger partial charge on any atom is -0.497 e. The minimum absolute atomic E-state index is 0.0885. The maximum absolute atomic E-state index is 12.1. The van der Waals surface area contributed by atoms with Gasteiger partial charge in [-0.15, -0.1) is 0 Å². The highest BCUT2D eigenvalue weighted by atomic mass is 16.5. The van der Waals surface area contributed by atoms with Crippen LogP contribution in [-0.4, -0.2) is 25.7 Å². The lowest BCUT2D eigenvalue weighted by Crippen LogP contribution is -2.25. The van der Waals surface area contributed by atoms with Gasteiger partial charge in [-0.05, 0) is 73.9 Å². The number of hydrogen-bond acceptors (Lipinski definition) is 3. The Morgan fingerprint density at radius 1 is 1.00 bits per heavy atom. The van der Waals surface area contributed by atoms with E-state index in [4.69, 9.17) is 9.47 Å². The first-order valence-electron chi connectivity index (χ1n) is 9.88. The average Bonchev–Trinajstić information content (AvgIpc) is 3.20. The van der Waals surface area contributed by atoms with Gasteiger partial charge in [-0.2, -0.15) is 0 Å². The van der Waals surface area contributed by atoms with E-state index in [1.54, 1.807) is 7.11 Å². The van der Waals surface area contributed by atoms with Gasteiger partial charge in [0, 0.05) is 13.0 Å². The van der Waals surface area contributed by atoms with Gasteiger partial charge in [0.15, 0.2) is 0 Å². The van der Waals surface area contributed by atoms with E-state index >= 15 is 0 Å². The number of nitrogens with one attached hydrogen (secondary N) is 1. The van der Waals surface area contributed by atoms with Crippen LogP contribution in [0.15, 0.2) is 48.5 Å². The summed E-state index contributed by atoms with van der Waals surface area (Å²) in [5, 5.41) is 3.00. The molecular weight excluding hydrogens is 338 g/mol. The second kappa shape index (κ2) is 10.0. The second-order valence-electron chi connectivity index (χ2n) is 7.12. The number of ether oxygens (including phenoxy) is 2. The molecule has 144 valence electrons. The lowest BCUT2D eigenvalue weighted by molar-refractivity contribution is -0.121. The Labute approximate surface area is 161 Å². The molecule has 0 unspecified atom stereocenters. The van der Waals surface area contributed by atoms with Crippen LogP contribution < -0.4 is 14.8 Å². The first-order chi connectivity index (χ1) is 13.2. The molecule has 4 nitrogen and oxygen atoms in total. The predicted molar refractivity (Wildman–Crippen MR) is 107 cm³/mol. The van der Waals surface area contributed by atoms with Crippen molar-refractivity contribution in [2.45, 2.75) is 51.0 Å².